The maximum Gasteiger partial charge on any atom is 0.341 e. The van der Waals surface area contributed by atoms with Crippen LogP contribution in [-0.2, 0) is 13.6 Å². The monoisotopic (exact) mass is 394 g/mol. The average Bonchev–Trinajstić information content (AvgIpc) is 3.03. The number of anilines is 3. The first-order valence-electron chi connectivity index (χ1n) is 7.57. The van der Waals surface area contributed by atoms with Crippen molar-refractivity contribution in [3.05, 3.63) is 58.5 Å². The zero-order chi connectivity index (χ0) is 19.6. The summed E-state index contributed by atoms with van der Waals surface area (Å²) in [5.74, 6) is -2.77. The van der Waals surface area contributed by atoms with Gasteiger partial charge in [-0.05, 0) is 12.1 Å². The number of hydrogen-bond donors (Lipinski definition) is 3. The molecule has 27 heavy (non-hydrogen) atoms. The summed E-state index contributed by atoms with van der Waals surface area (Å²) in [4.78, 5) is 19.4. The minimum absolute atomic E-state index is 0.0800. The molecule has 140 valence electrons. The van der Waals surface area contributed by atoms with Gasteiger partial charge in [0.25, 0.3) is 0 Å². The molecule has 0 fully saturated rings. The summed E-state index contributed by atoms with van der Waals surface area (Å²) >= 11 is 5.78. The van der Waals surface area contributed by atoms with Gasteiger partial charge in [0.1, 0.15) is 23.0 Å². The molecule has 0 unspecified atom stereocenters. The molecule has 1 aromatic carbocycles. The SMILES string of the molecule is Cn1cc(Nc2ncc(C(=O)O)c(NCc3c(F)ccc(F)c3Cl)n2)cn1. The zero-order valence-electron chi connectivity index (χ0n) is 13.9. The lowest BCUT2D eigenvalue weighted by Gasteiger charge is -2.12. The first-order chi connectivity index (χ1) is 12.8. The topological polar surface area (TPSA) is 105 Å². The molecule has 3 aromatic rings. The highest BCUT2D eigenvalue weighted by Gasteiger charge is 2.17. The second-order valence-electron chi connectivity index (χ2n) is 5.46. The molecule has 8 nitrogen and oxygen atoms in total. The number of aryl methyl sites for hydroxylation is 1. The normalized spacial score (nSPS) is 10.7. The number of carboxylic acid groups (broad SMARTS) is 1. The number of aromatic carboxylic acids is 1. The summed E-state index contributed by atoms with van der Waals surface area (Å²) < 4.78 is 29.0. The van der Waals surface area contributed by atoms with Gasteiger partial charge in [-0.1, -0.05) is 11.6 Å². The van der Waals surface area contributed by atoms with E-state index in [1.54, 1.807) is 17.9 Å². The van der Waals surface area contributed by atoms with Crippen LogP contribution in [0.25, 0.3) is 0 Å². The van der Waals surface area contributed by atoms with Crippen molar-refractivity contribution in [3.63, 3.8) is 0 Å². The lowest BCUT2D eigenvalue weighted by Crippen LogP contribution is -2.12. The Morgan fingerprint density at radius 2 is 2.04 bits per heavy atom. The van der Waals surface area contributed by atoms with Gasteiger partial charge in [0.2, 0.25) is 5.95 Å². The number of carboxylic acids is 1. The van der Waals surface area contributed by atoms with Gasteiger partial charge in [-0.25, -0.2) is 18.6 Å². The van der Waals surface area contributed by atoms with E-state index < -0.39 is 17.6 Å². The van der Waals surface area contributed by atoms with E-state index in [-0.39, 0.29) is 34.5 Å². The second kappa shape index (κ2) is 7.54. The van der Waals surface area contributed by atoms with Gasteiger partial charge in [-0.2, -0.15) is 10.1 Å². The molecule has 0 saturated carbocycles. The Morgan fingerprint density at radius 3 is 2.70 bits per heavy atom. The van der Waals surface area contributed by atoms with E-state index in [1.807, 2.05) is 0 Å². The maximum atomic E-state index is 13.9. The van der Waals surface area contributed by atoms with E-state index in [1.165, 1.54) is 6.20 Å². The molecule has 0 amide bonds. The molecule has 3 rings (SSSR count). The van der Waals surface area contributed by atoms with Crippen LogP contribution in [0.5, 0.6) is 0 Å². The molecule has 0 aliphatic heterocycles. The maximum absolute atomic E-state index is 13.9. The molecule has 11 heteroatoms. The molecule has 0 aliphatic rings. The third kappa shape index (κ3) is 4.11. The predicted octanol–water partition coefficient (Wildman–Crippen LogP) is 3.20. The van der Waals surface area contributed by atoms with Crippen LogP contribution in [0.2, 0.25) is 5.02 Å². The number of nitrogens with zero attached hydrogens (tertiary/aromatic N) is 4. The Morgan fingerprint density at radius 1 is 1.30 bits per heavy atom. The fraction of sp³-hybridized carbons (Fsp3) is 0.125. The number of halogens is 3. The quantitative estimate of drug-likeness (QED) is 0.551. The first kappa shape index (κ1) is 18.5. The summed E-state index contributed by atoms with van der Waals surface area (Å²) in [6.07, 6.45) is 4.30. The molecule has 0 aliphatic carbocycles. The largest absolute Gasteiger partial charge is 0.477 e. The highest BCUT2D eigenvalue weighted by molar-refractivity contribution is 6.31. The summed E-state index contributed by atoms with van der Waals surface area (Å²) in [5, 5.41) is 18.4. The van der Waals surface area contributed by atoms with Crippen molar-refractivity contribution in [1.29, 1.82) is 0 Å². The van der Waals surface area contributed by atoms with Gasteiger partial charge in [-0.3, -0.25) is 4.68 Å². The van der Waals surface area contributed by atoms with Crippen molar-refractivity contribution in [2.75, 3.05) is 10.6 Å². The molecule has 0 spiro atoms. The highest BCUT2D eigenvalue weighted by atomic mass is 35.5. The van der Waals surface area contributed by atoms with Crippen LogP contribution < -0.4 is 10.6 Å². The molecular weight excluding hydrogens is 382 g/mol. The van der Waals surface area contributed by atoms with E-state index in [0.29, 0.717) is 5.69 Å². The van der Waals surface area contributed by atoms with Crippen LogP contribution >= 0.6 is 11.6 Å². The summed E-state index contributed by atoms with van der Waals surface area (Å²) in [6, 6.07) is 1.84. The molecule has 0 atom stereocenters. The van der Waals surface area contributed by atoms with Crippen molar-refractivity contribution in [1.82, 2.24) is 19.7 Å². The van der Waals surface area contributed by atoms with Crippen LogP contribution in [0.1, 0.15) is 15.9 Å². The molecule has 2 aromatic heterocycles. The van der Waals surface area contributed by atoms with E-state index >= 15 is 0 Å². The number of hydrogen-bond acceptors (Lipinski definition) is 6. The van der Waals surface area contributed by atoms with Crippen molar-refractivity contribution >= 4 is 35.0 Å². The minimum Gasteiger partial charge on any atom is -0.477 e. The van der Waals surface area contributed by atoms with Crippen LogP contribution in [0.15, 0.2) is 30.7 Å². The van der Waals surface area contributed by atoms with Gasteiger partial charge < -0.3 is 15.7 Å². The second-order valence-corrected chi connectivity index (χ2v) is 5.84. The van der Waals surface area contributed by atoms with Gasteiger partial charge in [-0.15, -0.1) is 0 Å². The Labute approximate surface area is 156 Å². The average molecular weight is 395 g/mol. The van der Waals surface area contributed by atoms with Crippen molar-refractivity contribution < 1.29 is 18.7 Å². The summed E-state index contributed by atoms with van der Waals surface area (Å²) in [5.41, 5.74) is 0.207. The van der Waals surface area contributed by atoms with Crippen molar-refractivity contribution in [3.8, 4) is 0 Å². The molecular formula is C16H13ClF2N6O2. The third-order valence-electron chi connectivity index (χ3n) is 3.55. The Hall–Kier alpha value is -3.27. The van der Waals surface area contributed by atoms with Gasteiger partial charge >= 0.3 is 5.97 Å². The number of nitrogens with one attached hydrogen (secondary N) is 2. The lowest BCUT2D eigenvalue weighted by molar-refractivity contribution is 0.0697. The minimum atomic E-state index is -1.28. The molecule has 0 bridgehead atoms. The fourth-order valence-electron chi connectivity index (χ4n) is 2.25. The van der Waals surface area contributed by atoms with Gasteiger partial charge in [0, 0.05) is 31.5 Å². The number of carbonyl (C=O) groups is 1. The number of aromatic nitrogens is 4. The summed E-state index contributed by atoms with van der Waals surface area (Å²) in [7, 11) is 1.73. The Bertz CT molecular complexity index is 1010. The highest BCUT2D eigenvalue weighted by Crippen LogP contribution is 2.25. The van der Waals surface area contributed by atoms with E-state index in [0.717, 1.165) is 18.3 Å². The van der Waals surface area contributed by atoms with Crippen LogP contribution in [-0.4, -0.2) is 30.8 Å². The van der Waals surface area contributed by atoms with E-state index in [4.69, 9.17) is 11.6 Å². The van der Waals surface area contributed by atoms with Crippen LogP contribution in [0, 0.1) is 11.6 Å². The Balaban J connectivity index is 1.87. The van der Waals surface area contributed by atoms with Crippen molar-refractivity contribution in [2.45, 2.75) is 6.54 Å². The smallest absolute Gasteiger partial charge is 0.341 e. The van der Waals surface area contributed by atoms with Gasteiger partial charge in [0.05, 0.1) is 16.9 Å². The molecule has 0 radical (unpaired) electrons. The first-order valence-corrected chi connectivity index (χ1v) is 7.95. The zero-order valence-corrected chi connectivity index (χ0v) is 14.6. The standard InChI is InChI=1S/C16H13ClF2N6O2/c1-25-7-8(4-22-25)23-16-21-6-10(15(26)27)14(24-16)20-5-9-11(18)2-3-12(19)13(9)17/h2-4,6-7H,5H2,1H3,(H,26,27)(H2,20,21,23,24). The third-order valence-corrected chi connectivity index (χ3v) is 3.96. The van der Waals surface area contributed by atoms with Gasteiger partial charge in [0.15, 0.2) is 0 Å². The number of rotatable bonds is 6. The Kier molecular flexibility index (Phi) is 5.17. The number of benzene rings is 1. The lowest BCUT2D eigenvalue weighted by atomic mass is 10.2. The molecule has 3 N–H and O–H groups in total. The van der Waals surface area contributed by atoms with Crippen molar-refractivity contribution in [2.24, 2.45) is 7.05 Å². The van der Waals surface area contributed by atoms with E-state index in [2.05, 4.69) is 25.7 Å². The van der Waals surface area contributed by atoms with Crippen LogP contribution in [0.3, 0.4) is 0 Å². The van der Waals surface area contributed by atoms with E-state index in [9.17, 15) is 18.7 Å². The predicted molar refractivity (Wildman–Crippen MR) is 94.2 cm³/mol. The van der Waals surface area contributed by atoms with Crippen LogP contribution in [0.4, 0.5) is 26.2 Å². The molecule has 2 heterocycles. The summed E-state index contributed by atoms with van der Waals surface area (Å²) in [6.45, 7) is -0.272. The molecule has 0 saturated heterocycles. The fourth-order valence-corrected chi connectivity index (χ4v) is 2.47.